The van der Waals surface area contributed by atoms with Gasteiger partial charge in [-0.05, 0) is 48.2 Å². The summed E-state index contributed by atoms with van der Waals surface area (Å²) in [6.45, 7) is 0. The first kappa shape index (κ1) is 24.6. The van der Waals surface area contributed by atoms with E-state index < -0.39 is 0 Å². The molecule has 0 aliphatic carbocycles. The molecule has 0 fully saturated rings. The smallest absolute Gasteiger partial charge is 0.224 e. The van der Waals surface area contributed by atoms with E-state index in [1.165, 1.54) is 0 Å². The van der Waals surface area contributed by atoms with Crippen molar-refractivity contribution in [2.45, 2.75) is 38.5 Å². The van der Waals surface area contributed by atoms with Gasteiger partial charge in [-0.15, -0.1) is 0 Å². The summed E-state index contributed by atoms with van der Waals surface area (Å²) in [5, 5.41) is 10.8. The first-order chi connectivity index (χ1) is 15.4. The first-order valence-corrected chi connectivity index (χ1v) is 10.6. The maximum Gasteiger partial charge on any atom is 0.224 e. The van der Waals surface area contributed by atoms with Crippen LogP contribution in [0.4, 0.5) is 11.4 Å². The molecule has 2 aromatic carbocycles. The normalized spacial score (nSPS) is 10.2. The molecule has 0 spiro atoms. The molecule has 170 valence electrons. The first-order valence-electron chi connectivity index (χ1n) is 10.6. The molecule has 32 heavy (non-hydrogen) atoms. The highest BCUT2D eigenvalue weighted by Crippen LogP contribution is 2.13. The summed E-state index contributed by atoms with van der Waals surface area (Å²) in [5.74, 6) is -0.361. The Hall–Kier alpha value is -3.68. The summed E-state index contributed by atoms with van der Waals surface area (Å²) in [5.41, 5.74) is 3.09. The van der Waals surface area contributed by atoms with Crippen molar-refractivity contribution in [3.63, 3.8) is 0 Å². The van der Waals surface area contributed by atoms with Crippen molar-refractivity contribution in [1.29, 1.82) is 0 Å². The highest BCUT2D eigenvalue weighted by molar-refractivity contribution is 5.92. The van der Waals surface area contributed by atoms with Gasteiger partial charge in [-0.3, -0.25) is 19.2 Å². The fraction of sp³-hybridized carbons (Fsp3) is 0.333. The minimum atomic E-state index is -0.115. The maximum atomic E-state index is 12.1. The second kappa shape index (κ2) is 12.9. The molecule has 8 heteroatoms. The third-order valence-corrected chi connectivity index (χ3v) is 4.82. The molecular formula is C24H30N4O4. The quantitative estimate of drug-likeness (QED) is 0.403. The van der Waals surface area contributed by atoms with Gasteiger partial charge in [0.15, 0.2) is 0 Å². The molecule has 0 aliphatic heterocycles. The monoisotopic (exact) mass is 438 g/mol. The molecule has 0 saturated carbocycles. The van der Waals surface area contributed by atoms with Crippen LogP contribution in [-0.2, 0) is 32.0 Å². The maximum absolute atomic E-state index is 12.1. The van der Waals surface area contributed by atoms with E-state index >= 15 is 0 Å². The van der Waals surface area contributed by atoms with Crippen LogP contribution in [0.15, 0.2) is 48.5 Å². The summed E-state index contributed by atoms with van der Waals surface area (Å²) in [6, 6.07) is 14.3. The number of carbonyl (C=O) groups is 4. The van der Waals surface area contributed by atoms with Crippen LogP contribution < -0.4 is 21.3 Å². The van der Waals surface area contributed by atoms with E-state index in [1.807, 2.05) is 0 Å². The van der Waals surface area contributed by atoms with Crippen LogP contribution in [0.1, 0.15) is 36.8 Å². The van der Waals surface area contributed by atoms with E-state index in [0.29, 0.717) is 49.9 Å². The summed E-state index contributed by atoms with van der Waals surface area (Å²) in [7, 11) is 3.18. The molecule has 0 saturated heterocycles. The Labute approximate surface area is 188 Å². The number of amides is 4. The van der Waals surface area contributed by atoms with E-state index in [-0.39, 0.29) is 23.6 Å². The molecule has 0 radical (unpaired) electrons. The molecule has 0 aliphatic rings. The molecule has 0 heterocycles. The lowest BCUT2D eigenvalue weighted by Crippen LogP contribution is -2.19. The van der Waals surface area contributed by atoms with Crippen molar-refractivity contribution in [1.82, 2.24) is 10.6 Å². The Bertz CT molecular complexity index is 847. The van der Waals surface area contributed by atoms with Crippen LogP contribution in [-0.4, -0.2) is 37.7 Å². The van der Waals surface area contributed by atoms with Crippen molar-refractivity contribution < 1.29 is 19.2 Å². The highest BCUT2D eigenvalue weighted by Gasteiger charge is 2.07. The Morgan fingerprint density at radius 1 is 0.562 bits per heavy atom. The summed E-state index contributed by atoms with van der Waals surface area (Å²) in [6.07, 6.45) is 2.43. The number of likely N-dealkylation sites (N-methyl/N-ethyl adjacent to an activating group) is 2. The SMILES string of the molecule is CNC(=O)Cc1ccc(NC(=O)CCCCC(=O)Nc2ccc(CC(=O)NC)cc2)cc1. The van der Waals surface area contributed by atoms with Gasteiger partial charge in [0.1, 0.15) is 0 Å². The second-order valence-corrected chi connectivity index (χ2v) is 7.40. The molecule has 8 nitrogen and oxygen atoms in total. The zero-order chi connectivity index (χ0) is 23.3. The largest absolute Gasteiger partial charge is 0.359 e. The Morgan fingerprint density at radius 2 is 0.906 bits per heavy atom. The second-order valence-electron chi connectivity index (χ2n) is 7.40. The summed E-state index contributed by atoms with van der Waals surface area (Å²) < 4.78 is 0. The van der Waals surface area contributed by atoms with E-state index in [9.17, 15) is 19.2 Å². The highest BCUT2D eigenvalue weighted by atomic mass is 16.2. The molecule has 0 bridgehead atoms. The molecule has 0 atom stereocenters. The van der Waals surface area contributed by atoms with Crippen LogP contribution in [0.25, 0.3) is 0 Å². The van der Waals surface area contributed by atoms with Crippen molar-refractivity contribution in [3.05, 3.63) is 59.7 Å². The Kier molecular flexibility index (Phi) is 9.90. The summed E-state index contributed by atoms with van der Waals surface area (Å²) >= 11 is 0. The number of unbranched alkanes of at least 4 members (excludes halogenated alkanes) is 1. The third kappa shape index (κ3) is 8.99. The summed E-state index contributed by atoms with van der Waals surface area (Å²) in [4.78, 5) is 46.9. The lowest BCUT2D eigenvalue weighted by atomic mass is 10.1. The van der Waals surface area contributed by atoms with Crippen molar-refractivity contribution in [3.8, 4) is 0 Å². The number of nitrogens with one attached hydrogen (secondary N) is 4. The predicted molar refractivity (Wildman–Crippen MR) is 124 cm³/mol. The average Bonchev–Trinajstić information content (AvgIpc) is 2.79. The fourth-order valence-electron chi connectivity index (χ4n) is 2.98. The van der Waals surface area contributed by atoms with E-state index in [1.54, 1.807) is 62.6 Å². The molecule has 0 aromatic heterocycles. The number of rotatable bonds is 11. The van der Waals surface area contributed by atoms with Gasteiger partial charge in [0.25, 0.3) is 0 Å². The zero-order valence-electron chi connectivity index (χ0n) is 18.5. The lowest BCUT2D eigenvalue weighted by Gasteiger charge is -2.08. The molecule has 0 unspecified atom stereocenters. The van der Waals surface area contributed by atoms with Crippen LogP contribution in [0.3, 0.4) is 0 Å². The van der Waals surface area contributed by atoms with Gasteiger partial charge in [-0.1, -0.05) is 24.3 Å². The minimum absolute atomic E-state index is 0.0659. The number of carbonyl (C=O) groups excluding carboxylic acids is 4. The number of benzene rings is 2. The van der Waals surface area contributed by atoms with Crippen LogP contribution >= 0.6 is 0 Å². The Morgan fingerprint density at radius 3 is 1.22 bits per heavy atom. The van der Waals surface area contributed by atoms with Gasteiger partial charge < -0.3 is 21.3 Å². The lowest BCUT2D eigenvalue weighted by molar-refractivity contribution is -0.120. The van der Waals surface area contributed by atoms with Crippen LogP contribution in [0.5, 0.6) is 0 Å². The molecule has 2 aromatic rings. The van der Waals surface area contributed by atoms with Crippen molar-refractivity contribution >= 4 is 35.0 Å². The van der Waals surface area contributed by atoms with Crippen LogP contribution in [0.2, 0.25) is 0 Å². The van der Waals surface area contributed by atoms with E-state index in [0.717, 1.165) is 11.1 Å². The fourth-order valence-corrected chi connectivity index (χ4v) is 2.98. The van der Waals surface area contributed by atoms with Crippen molar-refractivity contribution in [2.24, 2.45) is 0 Å². The topological polar surface area (TPSA) is 116 Å². The van der Waals surface area contributed by atoms with E-state index in [4.69, 9.17) is 0 Å². The standard InChI is InChI=1S/C24H30N4O4/c1-25-23(31)15-17-7-11-19(12-8-17)27-21(29)5-3-4-6-22(30)28-20-13-9-18(10-14-20)16-24(32)26-2/h7-14H,3-6,15-16H2,1-2H3,(H,25,31)(H,26,32)(H,27,29)(H,28,30). The Balaban J connectivity index is 1.65. The number of hydrogen-bond donors (Lipinski definition) is 4. The van der Waals surface area contributed by atoms with Gasteiger partial charge in [0.05, 0.1) is 12.8 Å². The third-order valence-electron chi connectivity index (χ3n) is 4.82. The van der Waals surface area contributed by atoms with E-state index in [2.05, 4.69) is 21.3 Å². The van der Waals surface area contributed by atoms with Gasteiger partial charge >= 0.3 is 0 Å². The zero-order valence-corrected chi connectivity index (χ0v) is 18.5. The minimum Gasteiger partial charge on any atom is -0.359 e. The van der Waals surface area contributed by atoms with Crippen LogP contribution in [0, 0.1) is 0 Å². The van der Waals surface area contributed by atoms with Gasteiger partial charge in [0, 0.05) is 38.3 Å². The number of anilines is 2. The van der Waals surface area contributed by atoms with Crippen molar-refractivity contribution in [2.75, 3.05) is 24.7 Å². The molecule has 4 amide bonds. The van der Waals surface area contributed by atoms with Gasteiger partial charge in [0.2, 0.25) is 23.6 Å². The molecular weight excluding hydrogens is 408 g/mol. The predicted octanol–water partition coefficient (Wildman–Crippen LogP) is 2.40. The average molecular weight is 439 g/mol. The molecule has 4 N–H and O–H groups in total. The number of hydrogen-bond acceptors (Lipinski definition) is 4. The van der Waals surface area contributed by atoms with Gasteiger partial charge in [-0.2, -0.15) is 0 Å². The van der Waals surface area contributed by atoms with Gasteiger partial charge in [-0.25, -0.2) is 0 Å². The molecule has 2 rings (SSSR count).